The SMILES string of the molecule is O=C(Cc1ccc(-n2cnnn2)cc1)N1CCCN(C(=O)c2ccccc2)CC1. The summed E-state index contributed by atoms with van der Waals surface area (Å²) >= 11 is 0. The average Bonchev–Trinajstić information content (AvgIpc) is 3.19. The summed E-state index contributed by atoms with van der Waals surface area (Å²) < 4.78 is 1.57. The van der Waals surface area contributed by atoms with E-state index in [1.165, 1.54) is 6.33 Å². The van der Waals surface area contributed by atoms with Gasteiger partial charge in [-0.25, -0.2) is 4.68 Å². The number of rotatable bonds is 4. The maximum absolute atomic E-state index is 12.8. The molecule has 3 aromatic rings. The second-order valence-electron chi connectivity index (χ2n) is 6.99. The zero-order valence-electron chi connectivity index (χ0n) is 16.0. The summed E-state index contributed by atoms with van der Waals surface area (Å²) in [6.45, 7) is 2.44. The molecule has 0 aliphatic carbocycles. The van der Waals surface area contributed by atoms with Crippen LogP contribution in [0.3, 0.4) is 0 Å². The van der Waals surface area contributed by atoms with Crippen molar-refractivity contribution in [2.75, 3.05) is 26.2 Å². The van der Waals surface area contributed by atoms with Gasteiger partial charge in [0.1, 0.15) is 6.33 Å². The Balaban J connectivity index is 1.34. The van der Waals surface area contributed by atoms with Crippen LogP contribution in [0.25, 0.3) is 5.69 Å². The highest BCUT2D eigenvalue weighted by atomic mass is 16.2. The van der Waals surface area contributed by atoms with Gasteiger partial charge >= 0.3 is 0 Å². The number of carbonyl (C=O) groups is 2. The van der Waals surface area contributed by atoms with Crippen molar-refractivity contribution in [2.45, 2.75) is 12.8 Å². The van der Waals surface area contributed by atoms with Gasteiger partial charge in [-0.15, -0.1) is 5.10 Å². The molecule has 1 aliphatic rings. The first-order valence-corrected chi connectivity index (χ1v) is 9.65. The summed E-state index contributed by atoms with van der Waals surface area (Å²) in [5.41, 5.74) is 2.47. The third kappa shape index (κ3) is 4.48. The molecule has 0 radical (unpaired) electrons. The number of nitrogens with zero attached hydrogens (tertiary/aromatic N) is 6. The molecule has 0 saturated carbocycles. The molecular weight excluding hydrogens is 368 g/mol. The molecule has 2 heterocycles. The minimum absolute atomic E-state index is 0.0260. The van der Waals surface area contributed by atoms with Gasteiger partial charge in [-0.3, -0.25) is 9.59 Å². The monoisotopic (exact) mass is 390 g/mol. The Morgan fingerprint density at radius 3 is 2.31 bits per heavy atom. The largest absolute Gasteiger partial charge is 0.341 e. The third-order valence-corrected chi connectivity index (χ3v) is 5.06. The lowest BCUT2D eigenvalue weighted by molar-refractivity contribution is -0.130. The van der Waals surface area contributed by atoms with Crippen LogP contribution in [0.2, 0.25) is 0 Å². The van der Waals surface area contributed by atoms with Crippen LogP contribution in [-0.2, 0) is 11.2 Å². The fraction of sp³-hybridized carbons (Fsp3) is 0.286. The highest BCUT2D eigenvalue weighted by molar-refractivity contribution is 5.94. The Hall–Kier alpha value is -3.55. The molecule has 29 heavy (non-hydrogen) atoms. The van der Waals surface area contributed by atoms with Gasteiger partial charge in [0.25, 0.3) is 5.91 Å². The van der Waals surface area contributed by atoms with Gasteiger partial charge in [-0.2, -0.15) is 0 Å². The molecule has 2 aromatic carbocycles. The van der Waals surface area contributed by atoms with Crippen molar-refractivity contribution in [2.24, 2.45) is 0 Å². The fourth-order valence-corrected chi connectivity index (χ4v) is 3.47. The van der Waals surface area contributed by atoms with E-state index in [0.29, 0.717) is 38.2 Å². The molecule has 8 heteroatoms. The Kier molecular flexibility index (Phi) is 5.60. The first-order valence-electron chi connectivity index (χ1n) is 9.65. The number of amides is 2. The maximum Gasteiger partial charge on any atom is 0.253 e. The van der Waals surface area contributed by atoms with Crippen LogP contribution in [0.4, 0.5) is 0 Å². The minimum Gasteiger partial charge on any atom is -0.341 e. The third-order valence-electron chi connectivity index (χ3n) is 5.06. The summed E-state index contributed by atoms with van der Waals surface area (Å²) in [4.78, 5) is 29.1. The van der Waals surface area contributed by atoms with E-state index in [1.54, 1.807) is 4.68 Å². The van der Waals surface area contributed by atoms with Crippen LogP contribution in [0, 0.1) is 0 Å². The summed E-state index contributed by atoms with van der Waals surface area (Å²) in [5.74, 6) is 0.104. The Morgan fingerprint density at radius 2 is 1.59 bits per heavy atom. The van der Waals surface area contributed by atoms with Crippen molar-refractivity contribution in [3.8, 4) is 5.69 Å². The number of benzene rings is 2. The lowest BCUT2D eigenvalue weighted by Gasteiger charge is -2.22. The molecule has 0 atom stereocenters. The van der Waals surface area contributed by atoms with E-state index < -0.39 is 0 Å². The van der Waals surface area contributed by atoms with Crippen LogP contribution in [0.15, 0.2) is 60.9 Å². The second-order valence-corrected chi connectivity index (χ2v) is 6.99. The number of carbonyl (C=O) groups excluding carboxylic acids is 2. The number of hydrogen-bond donors (Lipinski definition) is 0. The van der Waals surface area contributed by atoms with Gasteiger partial charge in [0.2, 0.25) is 5.91 Å². The lowest BCUT2D eigenvalue weighted by atomic mass is 10.1. The molecule has 2 amide bonds. The zero-order chi connectivity index (χ0) is 20.1. The molecule has 1 fully saturated rings. The Labute approximate surface area is 168 Å². The van der Waals surface area contributed by atoms with Crippen LogP contribution >= 0.6 is 0 Å². The normalized spacial score (nSPS) is 14.5. The number of tetrazole rings is 1. The van der Waals surface area contributed by atoms with E-state index in [1.807, 2.05) is 64.4 Å². The molecule has 4 rings (SSSR count). The van der Waals surface area contributed by atoms with Gasteiger partial charge < -0.3 is 9.80 Å². The molecule has 0 spiro atoms. The second kappa shape index (κ2) is 8.64. The van der Waals surface area contributed by atoms with Gasteiger partial charge in [0.15, 0.2) is 0 Å². The standard InChI is InChI=1S/C21H22N6O2/c28-20(15-17-7-9-19(10-8-17)27-16-22-23-24-27)25-11-4-12-26(14-13-25)21(29)18-5-2-1-3-6-18/h1-3,5-10,16H,4,11-15H2. The smallest absolute Gasteiger partial charge is 0.253 e. The molecule has 0 unspecified atom stereocenters. The van der Waals surface area contributed by atoms with E-state index in [9.17, 15) is 9.59 Å². The molecule has 1 saturated heterocycles. The van der Waals surface area contributed by atoms with Crippen molar-refractivity contribution < 1.29 is 9.59 Å². The molecule has 0 bridgehead atoms. The van der Waals surface area contributed by atoms with Gasteiger partial charge in [-0.1, -0.05) is 30.3 Å². The minimum atomic E-state index is 0.0260. The maximum atomic E-state index is 12.8. The van der Waals surface area contributed by atoms with Crippen LogP contribution in [0.5, 0.6) is 0 Å². The van der Waals surface area contributed by atoms with Crippen LogP contribution in [0.1, 0.15) is 22.3 Å². The molecule has 8 nitrogen and oxygen atoms in total. The highest BCUT2D eigenvalue weighted by Crippen LogP contribution is 2.13. The topological polar surface area (TPSA) is 84.2 Å². The first kappa shape index (κ1) is 18.8. The quantitative estimate of drug-likeness (QED) is 0.675. The Bertz CT molecular complexity index is 957. The van der Waals surface area contributed by atoms with Crippen molar-refractivity contribution in [3.63, 3.8) is 0 Å². The van der Waals surface area contributed by atoms with E-state index in [-0.39, 0.29) is 11.8 Å². The van der Waals surface area contributed by atoms with E-state index in [0.717, 1.165) is 17.7 Å². The predicted molar refractivity (Wildman–Crippen MR) is 106 cm³/mol. The van der Waals surface area contributed by atoms with E-state index in [4.69, 9.17) is 0 Å². The number of hydrogen-bond acceptors (Lipinski definition) is 5. The molecule has 0 N–H and O–H groups in total. The molecular formula is C21H22N6O2. The summed E-state index contributed by atoms with van der Waals surface area (Å²) in [6, 6.07) is 16.9. The summed E-state index contributed by atoms with van der Waals surface area (Å²) in [5, 5.41) is 11.1. The molecule has 148 valence electrons. The van der Waals surface area contributed by atoms with E-state index in [2.05, 4.69) is 15.5 Å². The van der Waals surface area contributed by atoms with Crippen molar-refractivity contribution in [3.05, 3.63) is 72.1 Å². The van der Waals surface area contributed by atoms with Gasteiger partial charge in [-0.05, 0) is 46.7 Å². The van der Waals surface area contributed by atoms with E-state index >= 15 is 0 Å². The van der Waals surface area contributed by atoms with Crippen LogP contribution in [-0.4, -0.2) is 68.0 Å². The van der Waals surface area contributed by atoms with Crippen molar-refractivity contribution in [1.82, 2.24) is 30.0 Å². The predicted octanol–water partition coefficient (Wildman–Crippen LogP) is 1.58. The zero-order valence-corrected chi connectivity index (χ0v) is 16.0. The fourth-order valence-electron chi connectivity index (χ4n) is 3.47. The van der Waals surface area contributed by atoms with Gasteiger partial charge in [0, 0.05) is 31.7 Å². The van der Waals surface area contributed by atoms with Crippen molar-refractivity contribution >= 4 is 11.8 Å². The number of aromatic nitrogens is 4. The van der Waals surface area contributed by atoms with Gasteiger partial charge in [0.05, 0.1) is 12.1 Å². The summed E-state index contributed by atoms with van der Waals surface area (Å²) in [7, 11) is 0. The summed E-state index contributed by atoms with van der Waals surface area (Å²) in [6.07, 6.45) is 2.64. The molecule has 1 aliphatic heterocycles. The lowest BCUT2D eigenvalue weighted by Crippen LogP contribution is -2.38. The Morgan fingerprint density at radius 1 is 0.862 bits per heavy atom. The van der Waals surface area contributed by atoms with Crippen LogP contribution < -0.4 is 0 Å². The molecule has 1 aromatic heterocycles. The average molecular weight is 390 g/mol. The first-order chi connectivity index (χ1) is 14.2. The van der Waals surface area contributed by atoms with Crippen molar-refractivity contribution in [1.29, 1.82) is 0 Å². The highest BCUT2D eigenvalue weighted by Gasteiger charge is 2.22.